The quantitative estimate of drug-likeness (QED) is 0.707. The largest absolute Gasteiger partial charge is 0.370 e. The van der Waals surface area contributed by atoms with Crippen molar-refractivity contribution in [1.82, 2.24) is 9.97 Å². The predicted octanol–water partition coefficient (Wildman–Crippen LogP) is 1.56. The Kier molecular flexibility index (Phi) is 3.71. The fraction of sp³-hybridized carbons (Fsp3) is 0.444. The van der Waals surface area contributed by atoms with Gasteiger partial charge < -0.3 is 5.32 Å². The zero-order valence-corrected chi connectivity index (χ0v) is 7.62. The van der Waals surface area contributed by atoms with E-state index in [1.807, 2.05) is 6.07 Å². The van der Waals surface area contributed by atoms with E-state index in [-0.39, 0.29) is 0 Å². The van der Waals surface area contributed by atoms with E-state index in [1.54, 1.807) is 6.07 Å². The Balaban J connectivity index is 2.52. The highest BCUT2D eigenvalue weighted by Gasteiger charge is 1.95. The van der Waals surface area contributed by atoms with Gasteiger partial charge in [-0.1, -0.05) is 13.3 Å². The van der Waals surface area contributed by atoms with Crippen molar-refractivity contribution in [1.29, 1.82) is 5.26 Å². The zero-order valence-electron chi connectivity index (χ0n) is 7.62. The van der Waals surface area contributed by atoms with Gasteiger partial charge in [0, 0.05) is 12.6 Å². The van der Waals surface area contributed by atoms with E-state index in [0.29, 0.717) is 5.69 Å². The zero-order chi connectivity index (χ0) is 9.52. The van der Waals surface area contributed by atoms with Gasteiger partial charge in [0.1, 0.15) is 23.9 Å². The van der Waals surface area contributed by atoms with Gasteiger partial charge >= 0.3 is 0 Å². The molecule has 68 valence electrons. The molecule has 0 fully saturated rings. The van der Waals surface area contributed by atoms with Crippen molar-refractivity contribution < 1.29 is 0 Å². The van der Waals surface area contributed by atoms with Gasteiger partial charge in [0.2, 0.25) is 0 Å². The summed E-state index contributed by atoms with van der Waals surface area (Å²) in [6.45, 7) is 3.01. The summed E-state index contributed by atoms with van der Waals surface area (Å²) in [7, 11) is 0. The molecule has 0 spiro atoms. The molecule has 0 aliphatic carbocycles. The number of unbranched alkanes of at least 4 members (excludes halogenated alkanes) is 1. The summed E-state index contributed by atoms with van der Waals surface area (Å²) < 4.78 is 0. The molecule has 13 heavy (non-hydrogen) atoms. The molecule has 0 radical (unpaired) electrons. The molecule has 0 saturated heterocycles. The lowest BCUT2D eigenvalue weighted by Gasteiger charge is -2.02. The highest BCUT2D eigenvalue weighted by atomic mass is 15.0. The minimum Gasteiger partial charge on any atom is -0.370 e. The first-order valence-electron chi connectivity index (χ1n) is 4.33. The van der Waals surface area contributed by atoms with Crippen molar-refractivity contribution in [3.63, 3.8) is 0 Å². The number of hydrogen-bond donors (Lipinski definition) is 1. The van der Waals surface area contributed by atoms with E-state index in [2.05, 4.69) is 22.2 Å². The SMILES string of the molecule is CCCCNc1cc(C#N)ncn1. The van der Waals surface area contributed by atoms with Crippen LogP contribution in [-0.4, -0.2) is 16.5 Å². The molecule has 1 aromatic rings. The normalized spacial score (nSPS) is 9.23. The first kappa shape index (κ1) is 9.46. The second-order valence-corrected chi connectivity index (χ2v) is 2.68. The number of nitrogens with one attached hydrogen (secondary N) is 1. The number of nitriles is 1. The van der Waals surface area contributed by atoms with E-state index in [9.17, 15) is 0 Å². The van der Waals surface area contributed by atoms with Gasteiger partial charge in [-0.25, -0.2) is 9.97 Å². The summed E-state index contributed by atoms with van der Waals surface area (Å²) in [5.41, 5.74) is 0.397. The van der Waals surface area contributed by atoms with Gasteiger partial charge in [0.05, 0.1) is 0 Å². The molecule has 0 atom stereocenters. The molecule has 0 aliphatic heterocycles. The van der Waals surface area contributed by atoms with Crippen LogP contribution in [0.25, 0.3) is 0 Å². The molecule has 1 rings (SSSR count). The lowest BCUT2D eigenvalue weighted by Crippen LogP contribution is -2.03. The maximum absolute atomic E-state index is 8.57. The van der Waals surface area contributed by atoms with Crippen LogP contribution in [-0.2, 0) is 0 Å². The number of anilines is 1. The first-order chi connectivity index (χ1) is 6.36. The van der Waals surface area contributed by atoms with Crippen LogP contribution in [0.4, 0.5) is 5.82 Å². The average Bonchev–Trinajstić information content (AvgIpc) is 2.19. The summed E-state index contributed by atoms with van der Waals surface area (Å²) in [6.07, 6.45) is 3.64. The predicted molar refractivity (Wildman–Crippen MR) is 50.1 cm³/mol. The Morgan fingerprint density at radius 1 is 1.54 bits per heavy atom. The van der Waals surface area contributed by atoms with Crippen LogP contribution in [0.5, 0.6) is 0 Å². The molecule has 0 saturated carbocycles. The maximum atomic E-state index is 8.57. The summed E-state index contributed by atoms with van der Waals surface area (Å²) >= 11 is 0. The second kappa shape index (κ2) is 5.09. The van der Waals surface area contributed by atoms with Crippen LogP contribution in [0, 0.1) is 11.3 Å². The van der Waals surface area contributed by atoms with Crippen LogP contribution in [0.1, 0.15) is 25.5 Å². The van der Waals surface area contributed by atoms with Gasteiger partial charge in [-0.2, -0.15) is 5.26 Å². The van der Waals surface area contributed by atoms with E-state index in [0.717, 1.165) is 25.2 Å². The lowest BCUT2D eigenvalue weighted by molar-refractivity contribution is 0.830. The molecule has 0 bridgehead atoms. The molecule has 1 heterocycles. The van der Waals surface area contributed by atoms with Crippen molar-refractivity contribution in [2.45, 2.75) is 19.8 Å². The summed E-state index contributed by atoms with van der Waals surface area (Å²) in [5, 5.41) is 11.7. The lowest BCUT2D eigenvalue weighted by atomic mass is 10.3. The molecule has 0 unspecified atom stereocenters. The molecule has 0 aromatic carbocycles. The number of nitrogens with zero attached hydrogens (tertiary/aromatic N) is 3. The molecular weight excluding hydrogens is 164 g/mol. The van der Waals surface area contributed by atoms with Gasteiger partial charge in [0.25, 0.3) is 0 Å². The molecule has 4 nitrogen and oxygen atoms in total. The Morgan fingerprint density at radius 2 is 2.38 bits per heavy atom. The Morgan fingerprint density at radius 3 is 3.08 bits per heavy atom. The van der Waals surface area contributed by atoms with Crippen molar-refractivity contribution in [3.05, 3.63) is 18.1 Å². The highest BCUT2D eigenvalue weighted by Crippen LogP contribution is 2.02. The second-order valence-electron chi connectivity index (χ2n) is 2.68. The number of hydrogen-bond acceptors (Lipinski definition) is 4. The smallest absolute Gasteiger partial charge is 0.145 e. The van der Waals surface area contributed by atoms with E-state index in [4.69, 9.17) is 5.26 Å². The fourth-order valence-electron chi connectivity index (χ4n) is 0.908. The van der Waals surface area contributed by atoms with Crippen molar-refractivity contribution in [2.24, 2.45) is 0 Å². The minimum absolute atomic E-state index is 0.397. The molecule has 4 heteroatoms. The Bertz CT molecular complexity index is 303. The van der Waals surface area contributed by atoms with Crippen LogP contribution in [0.2, 0.25) is 0 Å². The van der Waals surface area contributed by atoms with Crippen LogP contribution in [0.3, 0.4) is 0 Å². The Hall–Kier alpha value is -1.63. The highest BCUT2D eigenvalue weighted by molar-refractivity contribution is 5.38. The summed E-state index contributed by atoms with van der Waals surface area (Å²) in [5.74, 6) is 0.722. The molecule has 1 aromatic heterocycles. The monoisotopic (exact) mass is 176 g/mol. The summed E-state index contributed by atoms with van der Waals surface area (Å²) in [4.78, 5) is 7.76. The minimum atomic E-state index is 0.397. The summed E-state index contributed by atoms with van der Waals surface area (Å²) in [6, 6.07) is 3.62. The van der Waals surface area contributed by atoms with Gasteiger partial charge in [-0.05, 0) is 6.42 Å². The first-order valence-corrected chi connectivity index (χ1v) is 4.33. The topological polar surface area (TPSA) is 61.6 Å². The van der Waals surface area contributed by atoms with Crippen molar-refractivity contribution in [2.75, 3.05) is 11.9 Å². The third-order valence-corrected chi connectivity index (χ3v) is 1.62. The molecule has 1 N–H and O–H groups in total. The van der Waals surface area contributed by atoms with E-state index in [1.165, 1.54) is 6.33 Å². The van der Waals surface area contributed by atoms with E-state index >= 15 is 0 Å². The molecule has 0 aliphatic rings. The van der Waals surface area contributed by atoms with Crippen LogP contribution in [0.15, 0.2) is 12.4 Å². The fourth-order valence-corrected chi connectivity index (χ4v) is 0.908. The van der Waals surface area contributed by atoms with Crippen molar-refractivity contribution in [3.8, 4) is 6.07 Å². The van der Waals surface area contributed by atoms with Gasteiger partial charge in [0.15, 0.2) is 0 Å². The standard InChI is InChI=1S/C9H12N4/c1-2-3-4-11-9-5-8(6-10)12-7-13-9/h5,7H,2-4H2,1H3,(H,11,12,13). The third kappa shape index (κ3) is 3.08. The number of rotatable bonds is 4. The van der Waals surface area contributed by atoms with E-state index < -0.39 is 0 Å². The van der Waals surface area contributed by atoms with Crippen LogP contribution >= 0.6 is 0 Å². The maximum Gasteiger partial charge on any atom is 0.145 e. The number of aromatic nitrogens is 2. The van der Waals surface area contributed by atoms with Gasteiger partial charge in [-0.3, -0.25) is 0 Å². The molecular formula is C9H12N4. The average molecular weight is 176 g/mol. The Labute approximate surface area is 77.6 Å². The third-order valence-electron chi connectivity index (χ3n) is 1.62. The van der Waals surface area contributed by atoms with Crippen LogP contribution < -0.4 is 5.32 Å². The van der Waals surface area contributed by atoms with Crippen molar-refractivity contribution >= 4 is 5.82 Å². The van der Waals surface area contributed by atoms with Gasteiger partial charge in [-0.15, -0.1) is 0 Å². The molecule has 0 amide bonds.